The Morgan fingerprint density at radius 3 is 1.62 bits per heavy atom. The number of aliphatic hydroxyl groups excluding tert-OH is 1. The fourth-order valence-corrected chi connectivity index (χ4v) is 2.82. The number of aliphatic hydroxyl groups is 1. The van der Waals surface area contributed by atoms with Crippen molar-refractivity contribution in [2.45, 2.75) is 96.2 Å². The molecule has 0 atom stereocenters. The molecule has 0 spiro atoms. The first-order chi connectivity index (χ1) is 10.3. The van der Waals surface area contributed by atoms with Crippen LogP contribution in [0.4, 0.5) is 4.79 Å². The summed E-state index contributed by atoms with van der Waals surface area (Å²) in [5, 5.41) is 8.07. The van der Waals surface area contributed by atoms with Crippen LogP contribution < -0.4 is 0 Å². The Balaban J connectivity index is 0.000000383. The lowest BCUT2D eigenvalue weighted by Gasteiger charge is -2.25. The standard InChI is InChI=1S/C13H22O3.C4H10O/c14-13(15-11-7-3-1-4-8-11)16-12-9-5-2-6-10-12;1-2-3-4-5/h11-12H,1-10H2;5H,2-4H2,1H3. The van der Waals surface area contributed by atoms with Gasteiger partial charge in [0.25, 0.3) is 0 Å². The minimum Gasteiger partial charge on any atom is -0.431 e. The molecule has 2 aliphatic rings. The predicted molar refractivity (Wildman–Crippen MR) is 83.3 cm³/mol. The fourth-order valence-electron chi connectivity index (χ4n) is 2.82. The van der Waals surface area contributed by atoms with E-state index < -0.39 is 6.16 Å². The van der Waals surface area contributed by atoms with Gasteiger partial charge in [-0.05, 0) is 57.8 Å². The number of carbonyl (C=O) groups is 1. The summed E-state index contributed by atoms with van der Waals surface area (Å²) in [6.45, 7) is 2.40. The van der Waals surface area contributed by atoms with Crippen LogP contribution in [-0.2, 0) is 9.47 Å². The van der Waals surface area contributed by atoms with E-state index in [2.05, 4.69) is 6.92 Å². The van der Waals surface area contributed by atoms with E-state index in [0.29, 0.717) is 6.61 Å². The highest BCUT2D eigenvalue weighted by Gasteiger charge is 2.22. The molecule has 4 nitrogen and oxygen atoms in total. The molecular formula is C17H32O4. The maximum atomic E-state index is 11.5. The van der Waals surface area contributed by atoms with Crippen LogP contribution in [0.2, 0.25) is 0 Å². The molecule has 0 bridgehead atoms. The molecule has 1 N–H and O–H groups in total. The average molecular weight is 300 g/mol. The number of hydrogen-bond acceptors (Lipinski definition) is 4. The minimum absolute atomic E-state index is 0.116. The van der Waals surface area contributed by atoms with Gasteiger partial charge in [-0.3, -0.25) is 0 Å². The number of ether oxygens (including phenoxy) is 2. The zero-order valence-corrected chi connectivity index (χ0v) is 13.5. The molecule has 0 radical (unpaired) electrons. The number of carbonyl (C=O) groups excluding carboxylic acids is 1. The van der Waals surface area contributed by atoms with Gasteiger partial charge in [-0.25, -0.2) is 4.79 Å². The van der Waals surface area contributed by atoms with Crippen molar-refractivity contribution in [1.82, 2.24) is 0 Å². The second-order valence-electron chi connectivity index (χ2n) is 6.08. The van der Waals surface area contributed by atoms with Crippen molar-refractivity contribution in [1.29, 1.82) is 0 Å². The molecule has 0 aliphatic heterocycles. The van der Waals surface area contributed by atoms with Crippen LogP contribution in [0.25, 0.3) is 0 Å². The van der Waals surface area contributed by atoms with E-state index in [4.69, 9.17) is 14.6 Å². The SMILES string of the molecule is CCCCO.O=C(OC1CCCCC1)OC1CCCCC1. The maximum Gasteiger partial charge on any atom is 0.508 e. The van der Waals surface area contributed by atoms with Gasteiger partial charge in [-0.1, -0.05) is 26.2 Å². The average Bonchev–Trinajstić information content (AvgIpc) is 2.50. The predicted octanol–water partition coefficient (Wildman–Crippen LogP) is 4.58. The fraction of sp³-hybridized carbons (Fsp3) is 0.941. The Hall–Kier alpha value is -0.770. The van der Waals surface area contributed by atoms with E-state index in [9.17, 15) is 4.79 Å². The summed E-state index contributed by atoms with van der Waals surface area (Å²) in [5.41, 5.74) is 0. The summed E-state index contributed by atoms with van der Waals surface area (Å²) in [4.78, 5) is 11.5. The van der Waals surface area contributed by atoms with Crippen LogP contribution in [0.15, 0.2) is 0 Å². The first-order valence-corrected chi connectivity index (χ1v) is 8.74. The van der Waals surface area contributed by atoms with Crippen LogP contribution in [-0.4, -0.2) is 30.1 Å². The molecule has 2 rings (SSSR count). The zero-order chi connectivity index (χ0) is 15.3. The highest BCUT2D eigenvalue weighted by Crippen LogP contribution is 2.23. The summed E-state index contributed by atoms with van der Waals surface area (Å²) in [5.74, 6) is 0. The highest BCUT2D eigenvalue weighted by atomic mass is 16.7. The molecule has 0 heterocycles. The second-order valence-corrected chi connectivity index (χ2v) is 6.08. The molecule has 0 aromatic carbocycles. The molecule has 124 valence electrons. The minimum atomic E-state index is -0.432. The summed E-state index contributed by atoms with van der Waals surface area (Å²) < 4.78 is 10.7. The van der Waals surface area contributed by atoms with E-state index in [1.54, 1.807) is 0 Å². The molecule has 0 aromatic rings. The number of hydrogen-bond donors (Lipinski definition) is 1. The molecule has 4 heteroatoms. The Kier molecular flexibility index (Phi) is 10.3. The third kappa shape index (κ3) is 8.97. The molecule has 0 unspecified atom stereocenters. The van der Waals surface area contributed by atoms with Crippen LogP contribution >= 0.6 is 0 Å². The van der Waals surface area contributed by atoms with Gasteiger partial charge in [0.15, 0.2) is 0 Å². The molecule has 2 aliphatic carbocycles. The van der Waals surface area contributed by atoms with E-state index in [-0.39, 0.29) is 12.2 Å². The van der Waals surface area contributed by atoms with Gasteiger partial charge in [0, 0.05) is 6.61 Å². The van der Waals surface area contributed by atoms with Crippen molar-refractivity contribution in [2.75, 3.05) is 6.61 Å². The Labute approximate surface area is 129 Å². The molecular weight excluding hydrogens is 268 g/mol. The third-order valence-corrected chi connectivity index (χ3v) is 4.14. The molecule has 0 saturated heterocycles. The monoisotopic (exact) mass is 300 g/mol. The summed E-state index contributed by atoms with van der Waals surface area (Å²) in [6.07, 6.45) is 13.2. The number of rotatable bonds is 4. The molecule has 0 amide bonds. The zero-order valence-electron chi connectivity index (χ0n) is 13.5. The van der Waals surface area contributed by atoms with Crippen molar-refractivity contribution in [2.24, 2.45) is 0 Å². The van der Waals surface area contributed by atoms with E-state index in [0.717, 1.165) is 38.5 Å². The topological polar surface area (TPSA) is 55.8 Å². The molecule has 21 heavy (non-hydrogen) atoms. The lowest BCUT2D eigenvalue weighted by Crippen LogP contribution is -2.26. The third-order valence-electron chi connectivity index (χ3n) is 4.14. The second kappa shape index (κ2) is 11.8. The maximum absolute atomic E-state index is 11.5. The van der Waals surface area contributed by atoms with Crippen molar-refractivity contribution < 1.29 is 19.4 Å². The summed E-state index contributed by atoms with van der Waals surface area (Å²) in [7, 11) is 0. The lowest BCUT2D eigenvalue weighted by atomic mass is 9.98. The Bertz CT molecular complexity index is 232. The van der Waals surface area contributed by atoms with Crippen molar-refractivity contribution in [3.8, 4) is 0 Å². The van der Waals surface area contributed by atoms with Gasteiger partial charge in [-0.15, -0.1) is 0 Å². The molecule has 0 aromatic heterocycles. The van der Waals surface area contributed by atoms with Crippen LogP contribution in [0.3, 0.4) is 0 Å². The van der Waals surface area contributed by atoms with Gasteiger partial charge in [0.1, 0.15) is 12.2 Å². The highest BCUT2D eigenvalue weighted by molar-refractivity contribution is 5.60. The number of unbranched alkanes of at least 4 members (excludes halogenated alkanes) is 1. The van der Waals surface area contributed by atoms with Gasteiger partial charge >= 0.3 is 6.16 Å². The Morgan fingerprint density at radius 1 is 0.905 bits per heavy atom. The first kappa shape index (κ1) is 18.3. The van der Waals surface area contributed by atoms with Crippen LogP contribution in [0, 0.1) is 0 Å². The smallest absolute Gasteiger partial charge is 0.431 e. The Morgan fingerprint density at radius 2 is 1.33 bits per heavy atom. The van der Waals surface area contributed by atoms with Gasteiger partial charge in [-0.2, -0.15) is 0 Å². The molecule has 2 fully saturated rings. The summed E-state index contributed by atoms with van der Waals surface area (Å²) in [6, 6.07) is 0. The van der Waals surface area contributed by atoms with E-state index in [1.807, 2.05) is 0 Å². The van der Waals surface area contributed by atoms with Gasteiger partial charge < -0.3 is 14.6 Å². The quantitative estimate of drug-likeness (QED) is 0.772. The van der Waals surface area contributed by atoms with Crippen molar-refractivity contribution in [3.05, 3.63) is 0 Å². The first-order valence-electron chi connectivity index (χ1n) is 8.74. The van der Waals surface area contributed by atoms with Crippen LogP contribution in [0.5, 0.6) is 0 Å². The summed E-state index contributed by atoms with van der Waals surface area (Å²) >= 11 is 0. The van der Waals surface area contributed by atoms with Crippen molar-refractivity contribution >= 4 is 6.16 Å². The molecule has 2 saturated carbocycles. The normalized spacial score (nSPS) is 20.3. The van der Waals surface area contributed by atoms with Crippen LogP contribution in [0.1, 0.15) is 84.0 Å². The van der Waals surface area contributed by atoms with Crippen molar-refractivity contribution in [3.63, 3.8) is 0 Å². The lowest BCUT2D eigenvalue weighted by molar-refractivity contribution is -0.0189. The van der Waals surface area contributed by atoms with Gasteiger partial charge in [0.2, 0.25) is 0 Å². The largest absolute Gasteiger partial charge is 0.508 e. The van der Waals surface area contributed by atoms with E-state index >= 15 is 0 Å². The van der Waals surface area contributed by atoms with E-state index in [1.165, 1.54) is 38.5 Å². The van der Waals surface area contributed by atoms with Gasteiger partial charge in [0.05, 0.1) is 0 Å².